The lowest BCUT2D eigenvalue weighted by Crippen LogP contribution is -2.29. The average molecular weight is 425 g/mol. The number of nitrogens with zero attached hydrogens (tertiary/aromatic N) is 3. The number of aromatic amines is 1. The Morgan fingerprint density at radius 1 is 1.06 bits per heavy atom. The molecule has 0 saturated carbocycles. The van der Waals surface area contributed by atoms with Gasteiger partial charge in [-0.3, -0.25) is 10.4 Å². The van der Waals surface area contributed by atoms with Gasteiger partial charge in [0.2, 0.25) is 0 Å². The minimum atomic E-state index is -0.826. The van der Waals surface area contributed by atoms with E-state index in [-0.39, 0.29) is 5.84 Å². The van der Waals surface area contributed by atoms with Gasteiger partial charge in [0.15, 0.2) is 0 Å². The Hall–Kier alpha value is -3.97. The summed E-state index contributed by atoms with van der Waals surface area (Å²) in [4.78, 5) is 7.91. The molecular weight excluding hydrogens is 400 g/mol. The predicted octanol–water partition coefficient (Wildman–Crippen LogP) is 3.19. The van der Waals surface area contributed by atoms with Crippen LogP contribution in [-0.4, -0.2) is 44.8 Å². The van der Waals surface area contributed by atoms with E-state index in [0.717, 1.165) is 23.0 Å². The predicted molar refractivity (Wildman–Crippen MR) is 126 cm³/mol. The van der Waals surface area contributed by atoms with Gasteiger partial charge in [0.1, 0.15) is 23.8 Å². The minimum Gasteiger partial charge on any atom is -0.384 e. The number of nitrogens with two attached hydrogens (primary N) is 1. The third-order valence-corrected chi connectivity index (χ3v) is 5.84. The molecule has 0 fully saturated rings. The number of benzene rings is 3. The van der Waals surface area contributed by atoms with E-state index in [0.29, 0.717) is 17.1 Å². The molecule has 2 atom stereocenters. The molecule has 0 spiro atoms. The fourth-order valence-corrected chi connectivity index (χ4v) is 4.16. The minimum absolute atomic E-state index is 0.00222. The number of aromatic nitrogens is 2. The van der Waals surface area contributed by atoms with Crippen molar-refractivity contribution in [3.63, 3.8) is 0 Å². The van der Waals surface area contributed by atoms with Gasteiger partial charge in [0.25, 0.3) is 0 Å². The summed E-state index contributed by atoms with van der Waals surface area (Å²) in [7, 11) is 1.83. The van der Waals surface area contributed by atoms with Crippen LogP contribution in [0.1, 0.15) is 34.1 Å². The van der Waals surface area contributed by atoms with E-state index >= 15 is 0 Å². The fourth-order valence-electron chi connectivity index (χ4n) is 4.16. The number of nitrogens with one attached hydrogen (secondary N) is 2. The standard InChI is InChI=1S/C25H24N6O/c1-31-22(25-28-19-12-11-18(24(26)27)14-20(19)29-25)23(32)21(30-31)17-9-7-16(8-10-17)13-15-5-3-2-4-6-15/h2-12,14,22-23,32H,13H2,1H3,(H3,26,27)(H,28,29). The Balaban J connectivity index is 1.38. The number of fused-ring (bicyclic) bond motifs is 1. The van der Waals surface area contributed by atoms with Crippen molar-refractivity contribution in [3.8, 4) is 0 Å². The number of rotatable bonds is 5. The molecule has 0 aliphatic carbocycles. The summed E-state index contributed by atoms with van der Waals surface area (Å²) < 4.78 is 0. The maximum atomic E-state index is 11.1. The van der Waals surface area contributed by atoms with Crippen LogP contribution in [0.3, 0.4) is 0 Å². The molecule has 1 aliphatic rings. The van der Waals surface area contributed by atoms with E-state index in [9.17, 15) is 5.11 Å². The van der Waals surface area contributed by atoms with Crippen molar-refractivity contribution in [2.75, 3.05) is 7.05 Å². The van der Waals surface area contributed by atoms with Crippen LogP contribution >= 0.6 is 0 Å². The molecule has 5 rings (SSSR count). The summed E-state index contributed by atoms with van der Waals surface area (Å²) in [5, 5.41) is 25.1. The monoisotopic (exact) mass is 424 g/mol. The second kappa shape index (κ2) is 7.94. The third-order valence-electron chi connectivity index (χ3n) is 5.84. The number of hydrogen-bond donors (Lipinski definition) is 4. The summed E-state index contributed by atoms with van der Waals surface area (Å²) in [6.45, 7) is 0. The largest absolute Gasteiger partial charge is 0.384 e. The lowest BCUT2D eigenvalue weighted by molar-refractivity contribution is 0.134. The highest BCUT2D eigenvalue weighted by atomic mass is 16.3. The van der Waals surface area contributed by atoms with E-state index in [4.69, 9.17) is 11.1 Å². The Kier molecular flexibility index (Phi) is 4.95. The van der Waals surface area contributed by atoms with E-state index in [1.54, 1.807) is 17.1 Å². The van der Waals surface area contributed by atoms with Crippen molar-refractivity contribution < 1.29 is 5.11 Å². The molecule has 160 valence electrons. The van der Waals surface area contributed by atoms with Crippen molar-refractivity contribution in [2.45, 2.75) is 18.6 Å². The molecule has 2 heterocycles. The van der Waals surface area contributed by atoms with E-state index in [1.807, 2.05) is 43.4 Å². The zero-order chi connectivity index (χ0) is 22.2. The van der Waals surface area contributed by atoms with Gasteiger partial charge in [-0.05, 0) is 35.7 Å². The topological polar surface area (TPSA) is 114 Å². The molecule has 4 aromatic rings. The van der Waals surface area contributed by atoms with E-state index in [1.165, 1.54) is 11.1 Å². The number of aliphatic hydroxyl groups is 1. The summed E-state index contributed by atoms with van der Waals surface area (Å²) in [6, 6.07) is 23.5. The van der Waals surface area contributed by atoms with Crippen LogP contribution in [0.15, 0.2) is 77.9 Å². The van der Waals surface area contributed by atoms with Gasteiger partial charge in [-0.15, -0.1) is 0 Å². The van der Waals surface area contributed by atoms with Crippen LogP contribution in [0.5, 0.6) is 0 Å². The van der Waals surface area contributed by atoms with Gasteiger partial charge in [-0.1, -0.05) is 54.6 Å². The number of hydrogen-bond acceptors (Lipinski definition) is 5. The molecule has 0 saturated heterocycles. The van der Waals surface area contributed by atoms with Gasteiger partial charge in [-0.25, -0.2) is 4.98 Å². The summed E-state index contributed by atoms with van der Waals surface area (Å²) in [5.41, 5.74) is 11.7. The highest BCUT2D eigenvalue weighted by Crippen LogP contribution is 2.31. The average Bonchev–Trinajstić information content (AvgIpc) is 3.34. The molecule has 0 amide bonds. The maximum absolute atomic E-state index is 11.1. The molecule has 32 heavy (non-hydrogen) atoms. The van der Waals surface area contributed by atoms with Crippen LogP contribution in [0.2, 0.25) is 0 Å². The molecule has 7 nitrogen and oxygen atoms in total. The molecule has 2 unspecified atom stereocenters. The zero-order valence-electron chi connectivity index (χ0n) is 17.7. The first-order chi connectivity index (χ1) is 15.5. The maximum Gasteiger partial charge on any atom is 0.136 e. The van der Waals surface area contributed by atoms with Crippen LogP contribution in [-0.2, 0) is 6.42 Å². The normalized spacial score (nSPS) is 18.2. The number of likely N-dealkylation sites (N-methyl/N-ethyl adjacent to an activating group) is 1. The van der Waals surface area contributed by atoms with Crippen molar-refractivity contribution >= 4 is 22.6 Å². The summed E-state index contributed by atoms with van der Waals surface area (Å²) in [5.74, 6) is 0.623. The van der Waals surface area contributed by atoms with Crippen molar-refractivity contribution in [1.82, 2.24) is 15.0 Å². The first-order valence-electron chi connectivity index (χ1n) is 10.5. The number of hydrazone groups is 1. The van der Waals surface area contributed by atoms with Crippen LogP contribution in [0, 0.1) is 5.41 Å². The second-order valence-corrected chi connectivity index (χ2v) is 8.08. The molecular formula is C25H24N6O. The third kappa shape index (κ3) is 3.63. The van der Waals surface area contributed by atoms with Crippen molar-refractivity contribution in [2.24, 2.45) is 10.8 Å². The number of aliphatic hydroxyl groups excluding tert-OH is 1. The lowest BCUT2D eigenvalue weighted by Gasteiger charge is -2.19. The molecule has 1 aliphatic heterocycles. The molecule has 0 radical (unpaired) electrons. The number of amidine groups is 1. The van der Waals surface area contributed by atoms with Crippen molar-refractivity contribution in [3.05, 3.63) is 101 Å². The smallest absolute Gasteiger partial charge is 0.136 e. The highest BCUT2D eigenvalue weighted by Gasteiger charge is 2.38. The lowest BCUT2D eigenvalue weighted by atomic mass is 9.98. The van der Waals surface area contributed by atoms with E-state index < -0.39 is 12.1 Å². The molecule has 5 N–H and O–H groups in total. The first kappa shape index (κ1) is 20.0. The quantitative estimate of drug-likeness (QED) is 0.291. The highest BCUT2D eigenvalue weighted by molar-refractivity contribution is 6.05. The van der Waals surface area contributed by atoms with Gasteiger partial charge < -0.3 is 15.8 Å². The number of imidazole rings is 1. The molecule has 3 aromatic carbocycles. The van der Waals surface area contributed by atoms with E-state index in [2.05, 4.69) is 39.3 Å². The Morgan fingerprint density at radius 2 is 1.78 bits per heavy atom. The Morgan fingerprint density at radius 3 is 2.50 bits per heavy atom. The van der Waals surface area contributed by atoms with Gasteiger partial charge in [0.05, 0.1) is 16.7 Å². The van der Waals surface area contributed by atoms with Gasteiger partial charge >= 0.3 is 0 Å². The zero-order valence-corrected chi connectivity index (χ0v) is 17.7. The molecule has 1 aromatic heterocycles. The summed E-state index contributed by atoms with van der Waals surface area (Å²) in [6.07, 6.45) is 0.0349. The molecule has 7 heteroatoms. The second-order valence-electron chi connectivity index (χ2n) is 8.08. The Labute approximate surface area is 185 Å². The fraction of sp³-hybridized carbons (Fsp3) is 0.160. The van der Waals surface area contributed by atoms with Crippen LogP contribution in [0.4, 0.5) is 0 Å². The number of nitrogen functional groups attached to an aromatic ring is 1. The Bertz CT molecular complexity index is 1310. The first-order valence-corrected chi connectivity index (χ1v) is 10.5. The SMILES string of the molecule is CN1N=C(c2ccc(Cc3ccccc3)cc2)C(O)C1c1nc2ccc(C(=N)N)cc2[nH]1. The molecule has 0 bridgehead atoms. The number of H-pyrrole nitrogens is 1. The van der Waals surface area contributed by atoms with Gasteiger partial charge in [0, 0.05) is 18.2 Å². The summed E-state index contributed by atoms with van der Waals surface area (Å²) >= 11 is 0. The van der Waals surface area contributed by atoms with Crippen LogP contribution in [0.25, 0.3) is 11.0 Å². The van der Waals surface area contributed by atoms with Crippen LogP contribution < -0.4 is 5.73 Å². The van der Waals surface area contributed by atoms with Crippen molar-refractivity contribution in [1.29, 1.82) is 5.41 Å². The van der Waals surface area contributed by atoms with Gasteiger partial charge in [-0.2, -0.15) is 5.10 Å².